The topological polar surface area (TPSA) is 136 Å². The van der Waals surface area contributed by atoms with Crippen molar-refractivity contribution in [1.29, 1.82) is 0 Å². The fraction of sp³-hybridized carbons (Fsp3) is 0.909. The van der Waals surface area contributed by atoms with E-state index in [1.807, 2.05) is 6.92 Å². The second kappa shape index (κ2) is 8.52. The number of aliphatic hydroxyl groups excluding tert-OH is 4. The maximum absolute atomic E-state index is 10.9. The van der Waals surface area contributed by atoms with Crippen LogP contribution in [0.3, 0.4) is 0 Å². The largest absolute Gasteiger partial charge is 0.394 e. The Kier molecular flexibility index (Phi) is 8.25. The molecule has 0 spiro atoms. The van der Waals surface area contributed by atoms with Crippen molar-refractivity contribution in [2.75, 3.05) is 13.2 Å². The number of carbonyl (C=O) groups excluding carboxylic acids is 1. The lowest BCUT2D eigenvalue weighted by atomic mass is 9.96. The molecule has 4 atom stereocenters. The number of rotatable bonds is 10. The van der Waals surface area contributed by atoms with Crippen molar-refractivity contribution < 1.29 is 25.2 Å². The van der Waals surface area contributed by atoms with Gasteiger partial charge in [-0.15, -0.1) is 0 Å². The van der Waals surface area contributed by atoms with Gasteiger partial charge in [-0.2, -0.15) is 0 Å². The lowest BCUT2D eigenvalue weighted by Gasteiger charge is -2.34. The minimum absolute atomic E-state index is 0.289. The van der Waals surface area contributed by atoms with Gasteiger partial charge in [0, 0.05) is 0 Å². The van der Waals surface area contributed by atoms with Crippen LogP contribution in [-0.4, -0.2) is 63.8 Å². The van der Waals surface area contributed by atoms with Crippen LogP contribution in [0.15, 0.2) is 0 Å². The summed E-state index contributed by atoms with van der Waals surface area (Å²) in [6.07, 6.45) is -1.97. The Morgan fingerprint density at radius 1 is 1.33 bits per heavy atom. The van der Waals surface area contributed by atoms with Crippen LogP contribution in [0.4, 0.5) is 0 Å². The second-order valence-corrected chi connectivity index (χ2v) is 4.37. The van der Waals surface area contributed by atoms with Crippen molar-refractivity contribution in [2.24, 2.45) is 5.73 Å². The molecule has 0 aliphatic carbocycles. The fourth-order valence-corrected chi connectivity index (χ4v) is 1.50. The molecule has 0 radical (unpaired) electrons. The molecule has 18 heavy (non-hydrogen) atoms. The molecular weight excluding hydrogens is 240 g/mol. The average molecular weight is 264 g/mol. The van der Waals surface area contributed by atoms with Gasteiger partial charge in [-0.05, 0) is 13.0 Å². The molecule has 108 valence electrons. The number of unbranched alkanes of at least 4 members (excludes halogenated alkanes) is 2. The van der Waals surface area contributed by atoms with Crippen LogP contribution in [0.5, 0.6) is 0 Å². The highest BCUT2D eigenvalue weighted by Gasteiger charge is 2.40. The van der Waals surface area contributed by atoms with Crippen LogP contribution in [0, 0.1) is 0 Å². The maximum atomic E-state index is 10.9. The van der Waals surface area contributed by atoms with Gasteiger partial charge in [-0.25, -0.2) is 0 Å². The molecule has 0 aromatic rings. The molecule has 0 fully saturated rings. The van der Waals surface area contributed by atoms with E-state index in [9.17, 15) is 20.1 Å². The monoisotopic (exact) mass is 264 g/mol. The Hall–Kier alpha value is -0.570. The molecule has 0 aromatic heterocycles. The van der Waals surface area contributed by atoms with Crippen LogP contribution in [-0.2, 0) is 4.79 Å². The predicted molar refractivity (Wildman–Crippen MR) is 65.6 cm³/mol. The summed E-state index contributed by atoms with van der Waals surface area (Å²) in [4.78, 5) is 10.9. The van der Waals surface area contributed by atoms with E-state index in [2.05, 4.69) is 5.32 Å². The van der Waals surface area contributed by atoms with Crippen molar-refractivity contribution in [1.82, 2.24) is 5.32 Å². The van der Waals surface area contributed by atoms with E-state index in [1.165, 1.54) is 0 Å². The third-order valence-corrected chi connectivity index (χ3v) is 2.80. The van der Waals surface area contributed by atoms with Crippen LogP contribution in [0.1, 0.15) is 26.2 Å². The normalized spacial score (nSPS) is 19.9. The van der Waals surface area contributed by atoms with Crippen LogP contribution >= 0.6 is 0 Å². The summed E-state index contributed by atoms with van der Waals surface area (Å²) in [6, 6.07) is 0. The first-order valence-corrected chi connectivity index (χ1v) is 6.08. The van der Waals surface area contributed by atoms with Gasteiger partial charge in [0.2, 0.25) is 0 Å². The zero-order valence-electron chi connectivity index (χ0n) is 10.6. The zero-order chi connectivity index (χ0) is 14.2. The number of aldehydes is 1. The summed E-state index contributed by atoms with van der Waals surface area (Å²) < 4.78 is 0. The summed E-state index contributed by atoms with van der Waals surface area (Å²) in [5, 5.41) is 39.8. The van der Waals surface area contributed by atoms with Gasteiger partial charge in [0.1, 0.15) is 18.3 Å². The first-order valence-electron chi connectivity index (χ1n) is 6.08. The minimum atomic E-state index is -1.84. The molecule has 0 saturated carbocycles. The third kappa shape index (κ3) is 4.97. The smallest absolute Gasteiger partial charge is 0.157 e. The molecule has 0 unspecified atom stereocenters. The number of hydrogen-bond donors (Lipinski definition) is 6. The highest BCUT2D eigenvalue weighted by atomic mass is 16.4. The quantitative estimate of drug-likeness (QED) is 0.148. The Labute approximate surface area is 107 Å². The Balaban J connectivity index is 4.46. The van der Waals surface area contributed by atoms with Gasteiger partial charge < -0.3 is 26.2 Å². The average Bonchev–Trinajstić information content (AvgIpc) is 2.40. The summed E-state index contributed by atoms with van der Waals surface area (Å²) in [5.74, 6) is 0. The third-order valence-electron chi connectivity index (χ3n) is 2.80. The molecule has 0 rings (SSSR count). The molecule has 7 heteroatoms. The van der Waals surface area contributed by atoms with Crippen molar-refractivity contribution in [2.45, 2.75) is 50.2 Å². The van der Waals surface area contributed by atoms with Crippen LogP contribution < -0.4 is 11.1 Å². The lowest BCUT2D eigenvalue weighted by molar-refractivity contribution is -0.132. The fourth-order valence-electron chi connectivity index (χ4n) is 1.50. The summed E-state index contributed by atoms with van der Waals surface area (Å²) in [7, 11) is 0. The van der Waals surface area contributed by atoms with Crippen LogP contribution in [0.2, 0.25) is 0 Å². The van der Waals surface area contributed by atoms with Crippen molar-refractivity contribution in [3.63, 3.8) is 0 Å². The summed E-state index contributed by atoms with van der Waals surface area (Å²) in [5.41, 5.74) is 3.79. The Morgan fingerprint density at radius 2 is 1.94 bits per heavy atom. The van der Waals surface area contributed by atoms with Gasteiger partial charge in [-0.3, -0.25) is 10.1 Å². The van der Waals surface area contributed by atoms with E-state index in [0.717, 1.165) is 19.3 Å². The number of carbonyl (C=O) groups is 1. The first kappa shape index (κ1) is 17.4. The summed E-state index contributed by atoms with van der Waals surface area (Å²) >= 11 is 0. The van der Waals surface area contributed by atoms with E-state index >= 15 is 0 Å². The number of nitrogens with one attached hydrogen (secondary N) is 1. The highest BCUT2D eigenvalue weighted by molar-refractivity contribution is 5.64. The molecule has 7 N–H and O–H groups in total. The predicted octanol–water partition coefficient (Wildman–Crippen LogP) is -2.30. The van der Waals surface area contributed by atoms with Gasteiger partial charge in [0.25, 0.3) is 0 Å². The van der Waals surface area contributed by atoms with E-state index in [-0.39, 0.29) is 6.29 Å². The zero-order valence-corrected chi connectivity index (χ0v) is 10.6. The second-order valence-electron chi connectivity index (χ2n) is 4.37. The Bertz CT molecular complexity index is 241. The highest BCUT2D eigenvalue weighted by Crippen LogP contribution is 2.10. The molecule has 0 saturated heterocycles. The molecule has 0 aliphatic heterocycles. The van der Waals surface area contributed by atoms with E-state index in [1.54, 1.807) is 0 Å². The standard InChI is InChI=1S/C11H24N2O5/c1-2-3-4-5-13-11(12,7-15)10(18)9(17)8(16)6-14/h7-10,13-14,16-18H,2-6,12H2,1H3/t8-,9-,10+,11-/m1/s1. The molecule has 0 bridgehead atoms. The van der Waals surface area contributed by atoms with Crippen molar-refractivity contribution in [3.8, 4) is 0 Å². The summed E-state index contributed by atoms with van der Waals surface area (Å²) in [6.45, 7) is 1.69. The van der Waals surface area contributed by atoms with E-state index in [4.69, 9.17) is 10.8 Å². The minimum Gasteiger partial charge on any atom is -0.394 e. The number of nitrogens with two attached hydrogens (primary N) is 1. The molecule has 7 nitrogen and oxygen atoms in total. The molecule has 0 amide bonds. The van der Waals surface area contributed by atoms with Crippen molar-refractivity contribution in [3.05, 3.63) is 0 Å². The van der Waals surface area contributed by atoms with Gasteiger partial charge in [0.15, 0.2) is 11.9 Å². The van der Waals surface area contributed by atoms with Crippen LogP contribution in [0.25, 0.3) is 0 Å². The number of hydrogen-bond acceptors (Lipinski definition) is 7. The molecule has 0 aromatic carbocycles. The molecule has 0 aliphatic rings. The SMILES string of the molecule is CCCCCN[C@](N)(C=O)[C@@H](O)[C@H](O)[C@H](O)CO. The molecule has 0 heterocycles. The Morgan fingerprint density at radius 3 is 2.39 bits per heavy atom. The maximum Gasteiger partial charge on any atom is 0.157 e. The van der Waals surface area contributed by atoms with Gasteiger partial charge in [0.05, 0.1) is 6.61 Å². The van der Waals surface area contributed by atoms with Gasteiger partial charge >= 0.3 is 0 Å². The van der Waals surface area contributed by atoms with Gasteiger partial charge in [-0.1, -0.05) is 19.8 Å². The number of aliphatic hydroxyl groups is 4. The van der Waals surface area contributed by atoms with E-state index < -0.39 is 30.6 Å². The lowest BCUT2D eigenvalue weighted by Crippen LogP contribution is -2.68. The first-order chi connectivity index (χ1) is 8.42. The van der Waals surface area contributed by atoms with Crippen molar-refractivity contribution >= 4 is 6.29 Å². The van der Waals surface area contributed by atoms with E-state index in [0.29, 0.717) is 6.54 Å². The molecular formula is C11H24N2O5.